The van der Waals surface area contributed by atoms with E-state index in [-0.39, 0.29) is 16.6 Å². The summed E-state index contributed by atoms with van der Waals surface area (Å²) in [7, 11) is -3.83. The fraction of sp³-hybridized carbons (Fsp3) is 0.381. The van der Waals surface area contributed by atoms with E-state index >= 15 is 0 Å². The first-order chi connectivity index (χ1) is 15.4. The number of primary sulfonamides is 1. The SMILES string of the molecule is NS(=O)(=O)c1cccc(NC(=O)CSc2nnc(Cc3cccs3)n2C2CCCCC2)c1. The summed E-state index contributed by atoms with van der Waals surface area (Å²) in [5.41, 5.74) is 0.384. The molecule has 1 aliphatic rings. The zero-order valence-corrected chi connectivity index (χ0v) is 19.9. The predicted molar refractivity (Wildman–Crippen MR) is 126 cm³/mol. The second-order valence-electron chi connectivity index (χ2n) is 7.73. The summed E-state index contributed by atoms with van der Waals surface area (Å²) in [4.78, 5) is 13.7. The van der Waals surface area contributed by atoms with Crippen LogP contribution in [-0.4, -0.2) is 34.8 Å². The van der Waals surface area contributed by atoms with Gasteiger partial charge in [0.1, 0.15) is 5.82 Å². The molecule has 0 unspecified atom stereocenters. The number of amides is 1. The number of hydrogen-bond acceptors (Lipinski definition) is 7. The zero-order valence-electron chi connectivity index (χ0n) is 17.4. The second-order valence-corrected chi connectivity index (χ2v) is 11.3. The number of carbonyl (C=O) groups excluding carboxylic acids is 1. The van der Waals surface area contributed by atoms with Gasteiger partial charge in [-0.05, 0) is 42.5 Å². The van der Waals surface area contributed by atoms with E-state index in [1.54, 1.807) is 23.5 Å². The van der Waals surface area contributed by atoms with E-state index < -0.39 is 10.0 Å². The van der Waals surface area contributed by atoms with Crippen LogP contribution < -0.4 is 10.5 Å². The minimum absolute atomic E-state index is 0.0433. The van der Waals surface area contributed by atoms with Crippen LogP contribution in [0.2, 0.25) is 0 Å². The molecular formula is C21H25N5O3S3. The molecule has 3 N–H and O–H groups in total. The summed E-state index contributed by atoms with van der Waals surface area (Å²) in [6, 6.07) is 10.4. The summed E-state index contributed by atoms with van der Waals surface area (Å²) in [5.74, 6) is 0.825. The minimum Gasteiger partial charge on any atom is -0.325 e. The number of rotatable bonds is 8. The first-order valence-corrected chi connectivity index (χ1v) is 13.8. The Balaban J connectivity index is 1.46. The molecule has 1 aromatic carbocycles. The number of nitrogens with zero attached hydrogens (tertiary/aromatic N) is 3. The van der Waals surface area contributed by atoms with Gasteiger partial charge in [-0.25, -0.2) is 13.6 Å². The Morgan fingerprint density at radius 1 is 1.19 bits per heavy atom. The van der Waals surface area contributed by atoms with E-state index in [2.05, 4.69) is 31.5 Å². The van der Waals surface area contributed by atoms with Crippen molar-refractivity contribution in [2.75, 3.05) is 11.1 Å². The molecule has 8 nitrogen and oxygen atoms in total. The number of sulfonamides is 1. The Kier molecular flexibility index (Phi) is 7.29. The van der Waals surface area contributed by atoms with E-state index in [0.717, 1.165) is 30.2 Å². The number of nitrogens with one attached hydrogen (secondary N) is 1. The zero-order chi connectivity index (χ0) is 22.6. The van der Waals surface area contributed by atoms with Crippen molar-refractivity contribution >= 4 is 44.7 Å². The number of nitrogens with two attached hydrogens (primary N) is 1. The van der Waals surface area contributed by atoms with Gasteiger partial charge in [0.2, 0.25) is 15.9 Å². The Bertz CT molecular complexity index is 1170. The van der Waals surface area contributed by atoms with Gasteiger partial charge in [0.05, 0.1) is 10.6 Å². The van der Waals surface area contributed by atoms with E-state index in [9.17, 15) is 13.2 Å². The average molecular weight is 492 g/mol. The molecule has 2 heterocycles. The molecule has 11 heteroatoms. The highest BCUT2D eigenvalue weighted by Gasteiger charge is 2.24. The van der Waals surface area contributed by atoms with Crippen LogP contribution in [0.3, 0.4) is 0 Å². The molecule has 2 aromatic heterocycles. The van der Waals surface area contributed by atoms with Gasteiger partial charge in [-0.15, -0.1) is 21.5 Å². The molecule has 3 aromatic rings. The number of thiophene rings is 1. The lowest BCUT2D eigenvalue weighted by molar-refractivity contribution is -0.113. The van der Waals surface area contributed by atoms with E-state index in [1.807, 2.05) is 6.07 Å². The quantitative estimate of drug-likeness (QED) is 0.462. The number of aromatic nitrogens is 3. The first kappa shape index (κ1) is 23.0. The maximum atomic E-state index is 12.5. The topological polar surface area (TPSA) is 120 Å². The monoisotopic (exact) mass is 491 g/mol. The van der Waals surface area contributed by atoms with Crippen molar-refractivity contribution in [3.05, 3.63) is 52.5 Å². The van der Waals surface area contributed by atoms with E-state index in [0.29, 0.717) is 11.7 Å². The van der Waals surface area contributed by atoms with E-state index in [4.69, 9.17) is 5.14 Å². The van der Waals surface area contributed by atoms with Crippen LogP contribution in [-0.2, 0) is 21.2 Å². The molecule has 0 atom stereocenters. The van der Waals surface area contributed by atoms with Crippen LogP contribution in [0.25, 0.3) is 0 Å². The molecule has 1 saturated carbocycles. The molecular weight excluding hydrogens is 466 g/mol. The molecule has 170 valence electrons. The van der Waals surface area contributed by atoms with Crippen molar-refractivity contribution < 1.29 is 13.2 Å². The van der Waals surface area contributed by atoms with Crippen LogP contribution in [0, 0.1) is 0 Å². The van der Waals surface area contributed by atoms with Gasteiger partial charge in [0.25, 0.3) is 0 Å². The first-order valence-electron chi connectivity index (χ1n) is 10.4. The smallest absolute Gasteiger partial charge is 0.238 e. The number of thioether (sulfide) groups is 1. The summed E-state index contributed by atoms with van der Waals surface area (Å²) in [6.45, 7) is 0. The third-order valence-corrected chi connectivity index (χ3v) is 8.10. The number of hydrogen-bond donors (Lipinski definition) is 2. The van der Waals surface area contributed by atoms with Crippen molar-refractivity contribution in [2.45, 2.75) is 54.6 Å². The summed E-state index contributed by atoms with van der Waals surface area (Å²) in [6.07, 6.45) is 6.54. The molecule has 4 rings (SSSR count). The number of benzene rings is 1. The number of carbonyl (C=O) groups is 1. The van der Waals surface area contributed by atoms with Gasteiger partial charge in [0, 0.05) is 23.0 Å². The Morgan fingerprint density at radius 2 is 2.00 bits per heavy atom. The molecule has 32 heavy (non-hydrogen) atoms. The molecule has 0 aliphatic heterocycles. The predicted octanol–water partition coefficient (Wildman–Crippen LogP) is 3.81. The van der Waals surface area contributed by atoms with Gasteiger partial charge in [0.15, 0.2) is 5.16 Å². The molecule has 0 bridgehead atoms. The maximum absolute atomic E-state index is 12.5. The van der Waals surface area contributed by atoms with Crippen LogP contribution in [0.5, 0.6) is 0 Å². The largest absolute Gasteiger partial charge is 0.325 e. The highest BCUT2D eigenvalue weighted by Crippen LogP contribution is 2.33. The molecule has 0 radical (unpaired) electrons. The minimum atomic E-state index is -3.83. The average Bonchev–Trinajstić information content (AvgIpc) is 3.43. The van der Waals surface area contributed by atoms with E-state index in [1.165, 1.54) is 48.0 Å². The van der Waals surface area contributed by atoms with Gasteiger partial charge < -0.3 is 9.88 Å². The van der Waals surface area contributed by atoms with Crippen molar-refractivity contribution in [2.24, 2.45) is 5.14 Å². The second kappa shape index (κ2) is 10.2. The lowest BCUT2D eigenvalue weighted by Crippen LogP contribution is -2.18. The highest BCUT2D eigenvalue weighted by atomic mass is 32.2. The molecule has 1 amide bonds. The van der Waals surface area contributed by atoms with Crippen LogP contribution >= 0.6 is 23.1 Å². The van der Waals surface area contributed by atoms with Crippen molar-refractivity contribution in [3.8, 4) is 0 Å². The summed E-state index contributed by atoms with van der Waals surface area (Å²) in [5, 5.41) is 19.6. The third-order valence-electron chi connectivity index (χ3n) is 5.37. The Labute approximate surface area is 195 Å². The molecule has 0 spiro atoms. The van der Waals surface area contributed by atoms with Crippen molar-refractivity contribution in [1.82, 2.24) is 14.8 Å². The van der Waals surface area contributed by atoms with Crippen LogP contribution in [0.4, 0.5) is 5.69 Å². The molecule has 1 fully saturated rings. The van der Waals surface area contributed by atoms with Gasteiger partial charge in [-0.3, -0.25) is 4.79 Å². The number of anilines is 1. The van der Waals surface area contributed by atoms with Crippen molar-refractivity contribution in [1.29, 1.82) is 0 Å². The lowest BCUT2D eigenvalue weighted by Gasteiger charge is -2.25. The van der Waals surface area contributed by atoms with Crippen LogP contribution in [0.1, 0.15) is 48.8 Å². The van der Waals surface area contributed by atoms with Crippen LogP contribution in [0.15, 0.2) is 51.8 Å². The standard InChI is InChI=1S/C21H25N5O3S3/c22-32(28,29)18-10-4-6-15(12-18)23-20(27)14-31-21-25-24-19(13-17-9-5-11-30-17)26(21)16-7-2-1-3-8-16/h4-6,9-12,16H,1-3,7-8,13-14H2,(H,23,27)(H2,22,28,29). The Hall–Kier alpha value is -2.21. The molecule has 0 saturated heterocycles. The maximum Gasteiger partial charge on any atom is 0.238 e. The fourth-order valence-electron chi connectivity index (χ4n) is 3.88. The highest BCUT2D eigenvalue weighted by molar-refractivity contribution is 7.99. The molecule has 1 aliphatic carbocycles. The van der Waals surface area contributed by atoms with Gasteiger partial charge >= 0.3 is 0 Å². The Morgan fingerprint density at radius 3 is 2.72 bits per heavy atom. The normalized spacial score (nSPS) is 15.0. The fourth-order valence-corrected chi connectivity index (χ4v) is 5.96. The van der Waals surface area contributed by atoms with Crippen molar-refractivity contribution in [3.63, 3.8) is 0 Å². The van der Waals surface area contributed by atoms with Gasteiger partial charge in [-0.1, -0.05) is 43.2 Å². The lowest BCUT2D eigenvalue weighted by atomic mass is 9.95. The summed E-state index contributed by atoms with van der Waals surface area (Å²) < 4.78 is 25.3. The van der Waals surface area contributed by atoms with Gasteiger partial charge in [-0.2, -0.15) is 0 Å². The third kappa shape index (κ3) is 5.77. The summed E-state index contributed by atoms with van der Waals surface area (Å²) >= 11 is 3.05.